The van der Waals surface area contributed by atoms with E-state index in [4.69, 9.17) is 0 Å². The van der Waals surface area contributed by atoms with E-state index in [1.54, 1.807) is 0 Å². The third-order valence-electron chi connectivity index (χ3n) is 3.78. The first-order valence-electron chi connectivity index (χ1n) is 7.48. The van der Waals surface area contributed by atoms with Crippen molar-refractivity contribution in [3.8, 4) is 0 Å². The summed E-state index contributed by atoms with van der Waals surface area (Å²) in [6.45, 7) is 0.271. The first kappa shape index (κ1) is 15.5. The van der Waals surface area contributed by atoms with Crippen LogP contribution in [0.4, 0.5) is 0 Å². The van der Waals surface area contributed by atoms with E-state index in [2.05, 4.69) is 10.6 Å². The lowest BCUT2D eigenvalue weighted by Gasteiger charge is -2.13. The molecular weight excluding hydrogens is 268 g/mol. The Kier molecular flexibility index (Phi) is 5.75. The number of nitrogens with one attached hydrogen (secondary N) is 2. The zero-order chi connectivity index (χ0) is 15.1. The van der Waals surface area contributed by atoms with E-state index in [1.165, 1.54) is 0 Å². The summed E-state index contributed by atoms with van der Waals surface area (Å²) in [5, 5.41) is 15.2. The molecule has 5 heteroatoms. The van der Waals surface area contributed by atoms with Gasteiger partial charge < -0.3 is 15.7 Å². The summed E-state index contributed by atoms with van der Waals surface area (Å²) in [7, 11) is 0. The zero-order valence-corrected chi connectivity index (χ0v) is 12.0. The SMILES string of the molecule is O=C(NCC[C@H](O)c1ccccc1)C(=O)NC1CCCC1. The highest BCUT2D eigenvalue weighted by Gasteiger charge is 2.21. The summed E-state index contributed by atoms with van der Waals surface area (Å²) in [5.74, 6) is -1.20. The normalized spacial score (nSPS) is 16.4. The summed E-state index contributed by atoms with van der Waals surface area (Å²) in [4.78, 5) is 23.3. The lowest BCUT2D eigenvalue weighted by atomic mass is 10.1. The smallest absolute Gasteiger partial charge is 0.309 e. The highest BCUT2D eigenvalue weighted by molar-refractivity contribution is 6.35. The van der Waals surface area contributed by atoms with E-state index in [-0.39, 0.29) is 12.6 Å². The van der Waals surface area contributed by atoms with Crippen LogP contribution >= 0.6 is 0 Å². The molecule has 1 saturated carbocycles. The van der Waals surface area contributed by atoms with Crippen molar-refractivity contribution in [2.24, 2.45) is 0 Å². The van der Waals surface area contributed by atoms with E-state index in [9.17, 15) is 14.7 Å². The molecule has 3 N–H and O–H groups in total. The van der Waals surface area contributed by atoms with E-state index >= 15 is 0 Å². The number of aliphatic hydroxyl groups is 1. The van der Waals surface area contributed by atoms with Crippen molar-refractivity contribution < 1.29 is 14.7 Å². The zero-order valence-electron chi connectivity index (χ0n) is 12.0. The van der Waals surface area contributed by atoms with Gasteiger partial charge in [-0.3, -0.25) is 9.59 Å². The number of carbonyl (C=O) groups is 2. The fourth-order valence-corrected chi connectivity index (χ4v) is 2.57. The predicted molar refractivity (Wildman–Crippen MR) is 79.4 cm³/mol. The lowest BCUT2D eigenvalue weighted by molar-refractivity contribution is -0.139. The van der Waals surface area contributed by atoms with Crippen molar-refractivity contribution in [1.29, 1.82) is 0 Å². The largest absolute Gasteiger partial charge is 0.388 e. The van der Waals surface area contributed by atoms with E-state index in [1.807, 2.05) is 30.3 Å². The van der Waals surface area contributed by atoms with Crippen molar-refractivity contribution in [3.05, 3.63) is 35.9 Å². The van der Waals surface area contributed by atoms with Crippen molar-refractivity contribution in [2.45, 2.75) is 44.2 Å². The fraction of sp³-hybridized carbons (Fsp3) is 0.500. The molecule has 2 amide bonds. The second kappa shape index (κ2) is 7.78. The molecule has 0 aliphatic heterocycles. The second-order valence-corrected chi connectivity index (χ2v) is 5.43. The molecule has 0 heterocycles. The maximum atomic E-state index is 11.7. The molecule has 0 spiro atoms. The molecule has 2 rings (SSSR count). The van der Waals surface area contributed by atoms with Gasteiger partial charge in [-0.05, 0) is 24.8 Å². The molecule has 1 aliphatic carbocycles. The molecule has 1 aromatic carbocycles. The van der Waals surface area contributed by atoms with Crippen LogP contribution in [-0.4, -0.2) is 29.5 Å². The van der Waals surface area contributed by atoms with Crippen molar-refractivity contribution in [1.82, 2.24) is 10.6 Å². The molecule has 1 atom stereocenters. The van der Waals surface area contributed by atoms with Crippen LogP contribution in [0.25, 0.3) is 0 Å². The maximum absolute atomic E-state index is 11.7. The Bertz CT molecular complexity index is 470. The number of amides is 2. The van der Waals surface area contributed by atoms with Gasteiger partial charge in [0.05, 0.1) is 6.10 Å². The molecule has 1 aromatic rings. The average molecular weight is 290 g/mol. The van der Waals surface area contributed by atoms with Gasteiger partial charge in [0.15, 0.2) is 0 Å². The summed E-state index contributed by atoms with van der Waals surface area (Å²) in [5.41, 5.74) is 0.808. The molecule has 21 heavy (non-hydrogen) atoms. The highest BCUT2D eigenvalue weighted by atomic mass is 16.3. The molecule has 1 fully saturated rings. The number of hydrogen-bond acceptors (Lipinski definition) is 3. The first-order chi connectivity index (χ1) is 10.2. The first-order valence-corrected chi connectivity index (χ1v) is 7.48. The van der Waals surface area contributed by atoms with Crippen LogP contribution in [0.1, 0.15) is 43.8 Å². The minimum Gasteiger partial charge on any atom is -0.388 e. The topological polar surface area (TPSA) is 78.4 Å². The molecule has 1 aliphatic rings. The molecule has 0 aromatic heterocycles. The van der Waals surface area contributed by atoms with Crippen LogP contribution in [0.15, 0.2) is 30.3 Å². The van der Waals surface area contributed by atoms with Crippen molar-refractivity contribution in [3.63, 3.8) is 0 Å². The quantitative estimate of drug-likeness (QED) is 0.715. The van der Waals surface area contributed by atoms with Crippen LogP contribution in [0.5, 0.6) is 0 Å². The average Bonchev–Trinajstić information content (AvgIpc) is 3.00. The van der Waals surface area contributed by atoms with Crippen LogP contribution < -0.4 is 10.6 Å². The Hall–Kier alpha value is -1.88. The van der Waals surface area contributed by atoms with Gasteiger partial charge in [-0.1, -0.05) is 43.2 Å². The molecule has 0 unspecified atom stereocenters. The molecule has 0 radical (unpaired) electrons. The number of benzene rings is 1. The maximum Gasteiger partial charge on any atom is 0.309 e. The minimum absolute atomic E-state index is 0.137. The van der Waals surface area contributed by atoms with Gasteiger partial charge >= 0.3 is 11.8 Å². The van der Waals surface area contributed by atoms with Gasteiger partial charge in [0.1, 0.15) is 0 Å². The Morgan fingerprint density at radius 1 is 1.14 bits per heavy atom. The fourth-order valence-electron chi connectivity index (χ4n) is 2.57. The molecule has 0 bridgehead atoms. The number of rotatable bonds is 5. The summed E-state index contributed by atoms with van der Waals surface area (Å²) in [6.07, 6.45) is 3.86. The van der Waals surface area contributed by atoms with Gasteiger partial charge in [-0.15, -0.1) is 0 Å². The van der Waals surface area contributed by atoms with E-state index in [0.717, 1.165) is 31.2 Å². The molecular formula is C16H22N2O3. The van der Waals surface area contributed by atoms with Gasteiger partial charge in [0.2, 0.25) is 0 Å². The Morgan fingerprint density at radius 3 is 2.48 bits per heavy atom. The standard InChI is InChI=1S/C16H22N2O3/c19-14(12-6-2-1-3-7-12)10-11-17-15(20)16(21)18-13-8-4-5-9-13/h1-3,6-7,13-14,19H,4-5,8-11H2,(H,17,20)(H,18,21)/t14-/m0/s1. The third-order valence-corrected chi connectivity index (χ3v) is 3.78. The highest BCUT2D eigenvalue weighted by Crippen LogP contribution is 2.17. The summed E-state index contributed by atoms with van der Waals surface area (Å²) in [6, 6.07) is 9.39. The minimum atomic E-state index is -0.635. The molecule has 0 saturated heterocycles. The van der Waals surface area contributed by atoms with Crippen molar-refractivity contribution in [2.75, 3.05) is 6.54 Å². The summed E-state index contributed by atoms with van der Waals surface area (Å²) < 4.78 is 0. The number of aliphatic hydroxyl groups excluding tert-OH is 1. The monoisotopic (exact) mass is 290 g/mol. The van der Waals surface area contributed by atoms with Gasteiger partial charge in [-0.2, -0.15) is 0 Å². The Labute approximate surface area is 124 Å². The Morgan fingerprint density at radius 2 is 1.81 bits per heavy atom. The van der Waals surface area contributed by atoms with Crippen LogP contribution in [0, 0.1) is 0 Å². The number of carbonyl (C=O) groups excluding carboxylic acids is 2. The molecule has 114 valence electrons. The predicted octanol–water partition coefficient (Wildman–Crippen LogP) is 1.29. The third kappa shape index (κ3) is 4.86. The summed E-state index contributed by atoms with van der Waals surface area (Å²) >= 11 is 0. The van der Waals surface area contributed by atoms with Gasteiger partial charge in [-0.25, -0.2) is 0 Å². The second-order valence-electron chi connectivity index (χ2n) is 5.43. The lowest BCUT2D eigenvalue weighted by Crippen LogP contribution is -2.44. The van der Waals surface area contributed by atoms with Crippen molar-refractivity contribution >= 4 is 11.8 Å². The van der Waals surface area contributed by atoms with Gasteiger partial charge in [0, 0.05) is 12.6 Å². The van der Waals surface area contributed by atoms with Crippen LogP contribution in [0.2, 0.25) is 0 Å². The van der Waals surface area contributed by atoms with E-state index < -0.39 is 17.9 Å². The number of hydrogen-bond donors (Lipinski definition) is 3. The molecule has 5 nitrogen and oxygen atoms in total. The van der Waals surface area contributed by atoms with Gasteiger partial charge in [0.25, 0.3) is 0 Å². The Balaban J connectivity index is 1.67. The van der Waals surface area contributed by atoms with Crippen LogP contribution in [-0.2, 0) is 9.59 Å². The van der Waals surface area contributed by atoms with Crippen LogP contribution in [0.3, 0.4) is 0 Å². The van der Waals surface area contributed by atoms with E-state index in [0.29, 0.717) is 6.42 Å².